The lowest BCUT2D eigenvalue weighted by Crippen LogP contribution is -2.16. The number of benzene rings is 1. The number of anilines is 1. The Morgan fingerprint density at radius 1 is 1.32 bits per heavy atom. The number of hydrogen-bond donors (Lipinski definition) is 3. The number of aliphatic hydroxyl groups excluding tert-OH is 1. The number of carbonyl (C=O) groups excluding carboxylic acids is 1. The summed E-state index contributed by atoms with van der Waals surface area (Å²) in [6.45, 7) is 0.0590. The molecule has 6 heteroatoms. The third-order valence-corrected chi connectivity index (χ3v) is 4.68. The number of nitrogens with zero attached hydrogens (tertiary/aromatic N) is 1. The van der Waals surface area contributed by atoms with Gasteiger partial charge in [-0.15, -0.1) is 0 Å². The van der Waals surface area contributed by atoms with Gasteiger partial charge in [-0.3, -0.25) is 4.79 Å². The number of rotatable bonds is 5. The summed E-state index contributed by atoms with van der Waals surface area (Å²) in [5.41, 5.74) is 2.69. The van der Waals surface area contributed by atoms with Crippen LogP contribution in [0.4, 0.5) is 5.82 Å². The van der Waals surface area contributed by atoms with E-state index in [0.717, 1.165) is 28.7 Å². The molecule has 0 unspecified atom stereocenters. The molecule has 1 aliphatic carbocycles. The molecule has 0 radical (unpaired) electrons. The molecule has 3 aromatic rings. The van der Waals surface area contributed by atoms with Crippen LogP contribution in [0.2, 0.25) is 0 Å². The zero-order chi connectivity index (χ0) is 17.4. The fourth-order valence-corrected chi connectivity index (χ4v) is 3.15. The molecule has 1 aromatic carbocycles. The van der Waals surface area contributed by atoms with Gasteiger partial charge >= 0.3 is 0 Å². The molecular weight excluding hydrogens is 318 g/mol. The van der Waals surface area contributed by atoms with Crippen molar-refractivity contribution in [3.05, 3.63) is 42.6 Å². The van der Waals surface area contributed by atoms with Crippen LogP contribution in [0, 0.1) is 11.8 Å². The van der Waals surface area contributed by atoms with Crippen molar-refractivity contribution in [2.24, 2.45) is 11.8 Å². The maximum atomic E-state index is 12.1. The Kier molecular flexibility index (Phi) is 3.89. The number of nitrogens with one attached hydrogen (secondary N) is 2. The summed E-state index contributed by atoms with van der Waals surface area (Å²) in [6, 6.07) is 11.5. The highest BCUT2D eigenvalue weighted by Crippen LogP contribution is 2.39. The summed E-state index contributed by atoms with van der Waals surface area (Å²) in [7, 11) is 1.65. The van der Waals surface area contributed by atoms with Crippen molar-refractivity contribution < 1.29 is 14.6 Å². The van der Waals surface area contributed by atoms with Crippen LogP contribution in [0.3, 0.4) is 0 Å². The average molecular weight is 337 g/mol. The Morgan fingerprint density at radius 2 is 2.16 bits per heavy atom. The first kappa shape index (κ1) is 15.7. The highest BCUT2D eigenvalue weighted by molar-refractivity contribution is 5.98. The molecule has 0 aliphatic heterocycles. The summed E-state index contributed by atoms with van der Waals surface area (Å²) < 4.78 is 5.44. The number of carbonyl (C=O) groups is 1. The zero-order valence-corrected chi connectivity index (χ0v) is 13.8. The van der Waals surface area contributed by atoms with Gasteiger partial charge in [0, 0.05) is 35.2 Å². The number of hydrogen-bond acceptors (Lipinski definition) is 4. The maximum absolute atomic E-state index is 12.1. The number of H-pyrrole nitrogens is 1. The lowest BCUT2D eigenvalue weighted by Gasteiger charge is -2.07. The Balaban J connectivity index is 1.62. The van der Waals surface area contributed by atoms with Crippen molar-refractivity contribution in [1.29, 1.82) is 0 Å². The molecule has 3 N–H and O–H groups in total. The minimum absolute atomic E-state index is 0.0590. The molecule has 1 fully saturated rings. The summed E-state index contributed by atoms with van der Waals surface area (Å²) in [5, 5.41) is 12.9. The number of aromatic amines is 1. The normalized spacial score (nSPS) is 19.0. The number of fused-ring (bicyclic) bond motifs is 1. The number of pyridine rings is 1. The third kappa shape index (κ3) is 2.85. The van der Waals surface area contributed by atoms with Crippen molar-refractivity contribution in [3.8, 4) is 16.9 Å². The summed E-state index contributed by atoms with van der Waals surface area (Å²) in [4.78, 5) is 19.7. The van der Waals surface area contributed by atoms with Gasteiger partial charge in [0.25, 0.3) is 0 Å². The quantitative estimate of drug-likeness (QED) is 0.668. The Morgan fingerprint density at radius 3 is 2.92 bits per heavy atom. The van der Waals surface area contributed by atoms with Crippen molar-refractivity contribution in [2.75, 3.05) is 19.0 Å². The number of ether oxygens (including phenoxy) is 1. The number of para-hydroxylation sites is 1. The molecule has 6 nitrogen and oxygen atoms in total. The molecule has 4 rings (SSSR count). The van der Waals surface area contributed by atoms with E-state index in [0.29, 0.717) is 11.5 Å². The van der Waals surface area contributed by atoms with E-state index in [9.17, 15) is 4.79 Å². The van der Waals surface area contributed by atoms with Crippen LogP contribution in [0.15, 0.2) is 42.6 Å². The van der Waals surface area contributed by atoms with Crippen molar-refractivity contribution >= 4 is 22.8 Å². The molecule has 128 valence electrons. The van der Waals surface area contributed by atoms with Gasteiger partial charge < -0.3 is 20.1 Å². The minimum Gasteiger partial charge on any atom is -0.496 e. The predicted octanol–water partition coefficient (Wildman–Crippen LogP) is 2.81. The number of methoxy groups -OCH3 is 1. The summed E-state index contributed by atoms with van der Waals surface area (Å²) in [5.74, 6) is 1.21. The lowest BCUT2D eigenvalue weighted by atomic mass is 10.0. The molecule has 0 saturated heterocycles. The second-order valence-corrected chi connectivity index (χ2v) is 6.27. The van der Waals surface area contributed by atoms with Crippen molar-refractivity contribution in [2.45, 2.75) is 6.42 Å². The van der Waals surface area contributed by atoms with Gasteiger partial charge in [-0.25, -0.2) is 4.98 Å². The molecule has 2 atom stereocenters. The average Bonchev–Trinajstić information content (AvgIpc) is 3.33. The fraction of sp³-hybridized carbons (Fsp3) is 0.263. The first-order valence-electron chi connectivity index (χ1n) is 8.24. The van der Waals surface area contributed by atoms with Crippen LogP contribution in [0.25, 0.3) is 22.2 Å². The number of aliphatic hydroxyl groups is 1. The topological polar surface area (TPSA) is 87.2 Å². The molecule has 2 heterocycles. The summed E-state index contributed by atoms with van der Waals surface area (Å²) in [6.07, 6.45) is 2.63. The maximum Gasteiger partial charge on any atom is 0.229 e. The third-order valence-electron chi connectivity index (χ3n) is 4.68. The largest absolute Gasteiger partial charge is 0.496 e. The molecule has 1 aliphatic rings. The van der Waals surface area contributed by atoms with Crippen LogP contribution in [0.1, 0.15) is 6.42 Å². The molecule has 0 bridgehead atoms. The van der Waals surface area contributed by atoms with Gasteiger partial charge in [0.05, 0.1) is 7.11 Å². The smallest absolute Gasteiger partial charge is 0.229 e. The number of amides is 1. The van der Waals surface area contributed by atoms with Crippen LogP contribution in [0.5, 0.6) is 5.75 Å². The first-order chi connectivity index (χ1) is 12.2. The fourth-order valence-electron chi connectivity index (χ4n) is 3.15. The van der Waals surface area contributed by atoms with Gasteiger partial charge in [-0.05, 0) is 30.5 Å². The van der Waals surface area contributed by atoms with Gasteiger partial charge in [0.15, 0.2) is 0 Å². The van der Waals surface area contributed by atoms with E-state index < -0.39 is 0 Å². The zero-order valence-electron chi connectivity index (χ0n) is 13.8. The highest BCUT2D eigenvalue weighted by Gasteiger charge is 2.42. The molecule has 25 heavy (non-hydrogen) atoms. The Bertz CT molecular complexity index is 935. The Hall–Kier alpha value is -2.86. The van der Waals surface area contributed by atoms with E-state index in [1.54, 1.807) is 13.2 Å². The molecule has 1 saturated carbocycles. The molecule has 1 amide bonds. The van der Waals surface area contributed by atoms with E-state index >= 15 is 0 Å². The highest BCUT2D eigenvalue weighted by atomic mass is 16.5. The van der Waals surface area contributed by atoms with Crippen molar-refractivity contribution in [3.63, 3.8) is 0 Å². The standard InChI is InChI=1S/C19H19N3O3/c1-25-16-5-3-2-4-12(16)15-9-20-18-13(15)6-7-17(21-18)22-19(24)14-8-11(14)10-23/h2-7,9,11,14,23H,8,10H2,1H3,(H2,20,21,22,24)/t11-,14+/m1/s1. The van der Waals surface area contributed by atoms with Crippen LogP contribution in [-0.4, -0.2) is 34.7 Å². The second-order valence-electron chi connectivity index (χ2n) is 6.27. The molecular formula is C19H19N3O3. The predicted molar refractivity (Wildman–Crippen MR) is 95.4 cm³/mol. The van der Waals surface area contributed by atoms with Gasteiger partial charge in [0.1, 0.15) is 17.2 Å². The van der Waals surface area contributed by atoms with Crippen molar-refractivity contribution in [1.82, 2.24) is 9.97 Å². The molecule has 0 spiro atoms. The van der Waals surface area contributed by atoms with Gasteiger partial charge in [-0.1, -0.05) is 18.2 Å². The van der Waals surface area contributed by atoms with E-state index in [4.69, 9.17) is 9.84 Å². The lowest BCUT2D eigenvalue weighted by molar-refractivity contribution is -0.117. The monoisotopic (exact) mass is 337 g/mol. The van der Waals surface area contributed by atoms with E-state index in [1.807, 2.05) is 36.5 Å². The SMILES string of the molecule is COc1ccccc1-c1c[nH]c2nc(NC(=O)[C@H]3C[C@@H]3CO)ccc12. The molecule has 2 aromatic heterocycles. The minimum atomic E-state index is -0.102. The second kappa shape index (κ2) is 6.22. The van der Waals surface area contributed by atoms with Gasteiger partial charge in [0.2, 0.25) is 5.91 Å². The van der Waals surface area contributed by atoms with E-state index in [1.165, 1.54) is 0 Å². The Labute approximate surface area is 144 Å². The van der Waals surface area contributed by atoms with Crippen LogP contribution >= 0.6 is 0 Å². The van der Waals surface area contributed by atoms with Crippen LogP contribution < -0.4 is 10.1 Å². The van der Waals surface area contributed by atoms with E-state index in [2.05, 4.69) is 15.3 Å². The van der Waals surface area contributed by atoms with Crippen LogP contribution in [-0.2, 0) is 4.79 Å². The first-order valence-corrected chi connectivity index (χ1v) is 8.24. The van der Waals surface area contributed by atoms with E-state index in [-0.39, 0.29) is 24.3 Å². The summed E-state index contributed by atoms with van der Waals surface area (Å²) >= 11 is 0. The van der Waals surface area contributed by atoms with Gasteiger partial charge in [-0.2, -0.15) is 0 Å². The number of aromatic nitrogens is 2.